The van der Waals surface area contributed by atoms with Crippen molar-refractivity contribution in [2.45, 2.75) is 64.5 Å². The number of carboxylic acid groups (broad SMARTS) is 1. The lowest BCUT2D eigenvalue weighted by Gasteiger charge is -2.40. The number of rotatable bonds is 2. The first-order chi connectivity index (χ1) is 10.9. The predicted molar refractivity (Wildman–Crippen MR) is 90.1 cm³/mol. The summed E-state index contributed by atoms with van der Waals surface area (Å²) in [6.45, 7) is 9.34. The van der Waals surface area contributed by atoms with Crippen molar-refractivity contribution in [2.24, 2.45) is 0 Å². The largest absolute Gasteiger partial charge is 0.478 e. The minimum absolute atomic E-state index is 0.00718. The number of fused-ring (bicyclic) bond motifs is 1. The summed E-state index contributed by atoms with van der Waals surface area (Å²) in [6.07, 6.45) is 0.815. The molecular formula is C17H25N3O4. The molecule has 1 amide bonds. The molecular weight excluding hydrogens is 310 g/mol. The van der Waals surface area contributed by atoms with Gasteiger partial charge in [-0.15, -0.1) is 0 Å². The Morgan fingerprint density at radius 1 is 1.42 bits per heavy atom. The number of nitrogens with two attached hydrogens (primary N) is 1. The Kier molecular flexibility index (Phi) is 4.48. The number of ether oxygens (including phenoxy) is 1. The molecule has 0 aliphatic heterocycles. The van der Waals surface area contributed by atoms with Gasteiger partial charge in [0.05, 0.1) is 5.69 Å². The molecule has 1 heterocycles. The van der Waals surface area contributed by atoms with Crippen molar-refractivity contribution in [2.75, 3.05) is 5.73 Å². The fourth-order valence-electron chi connectivity index (χ4n) is 3.02. The lowest BCUT2D eigenvalue weighted by molar-refractivity contribution is 0.0473. The molecule has 1 atom stereocenters. The molecule has 1 aliphatic carbocycles. The summed E-state index contributed by atoms with van der Waals surface area (Å²) < 4.78 is 5.32. The first-order valence-electron chi connectivity index (χ1n) is 7.94. The number of anilines is 1. The third-order valence-electron chi connectivity index (χ3n) is 4.24. The molecule has 1 aromatic heterocycles. The number of pyridine rings is 1. The average Bonchev–Trinajstić information content (AvgIpc) is 2.40. The number of nitrogen functional groups attached to an aromatic ring is 1. The number of aryl methyl sites for hydroxylation is 1. The summed E-state index contributed by atoms with van der Waals surface area (Å²) in [7, 11) is 0. The standard InChI is InChI=1S/C17H25N3O4/c1-16(2,3)24-15(23)19-11-7-6-9-8-10(14(21)22)13(18)20-12(9)17(11,4)5/h8,11H,6-7H2,1-5H3,(H2,18,20)(H,19,23)(H,21,22). The molecule has 0 radical (unpaired) electrons. The van der Waals surface area contributed by atoms with E-state index in [0.29, 0.717) is 12.8 Å². The highest BCUT2D eigenvalue weighted by Gasteiger charge is 2.40. The van der Waals surface area contributed by atoms with Gasteiger partial charge in [-0.05, 0) is 45.2 Å². The number of nitrogens with one attached hydrogen (secondary N) is 1. The third-order valence-corrected chi connectivity index (χ3v) is 4.24. The molecule has 7 nitrogen and oxygen atoms in total. The molecule has 0 spiro atoms. The van der Waals surface area contributed by atoms with E-state index in [1.807, 2.05) is 34.6 Å². The van der Waals surface area contributed by atoms with Crippen LogP contribution < -0.4 is 11.1 Å². The number of hydrogen-bond donors (Lipinski definition) is 3. The maximum Gasteiger partial charge on any atom is 0.407 e. The fourth-order valence-corrected chi connectivity index (χ4v) is 3.02. The summed E-state index contributed by atoms with van der Waals surface area (Å²) >= 11 is 0. The van der Waals surface area contributed by atoms with Gasteiger partial charge >= 0.3 is 12.1 Å². The van der Waals surface area contributed by atoms with Gasteiger partial charge in [-0.3, -0.25) is 0 Å². The number of alkyl carbamates (subject to hydrolysis) is 1. The highest BCUT2D eigenvalue weighted by atomic mass is 16.6. The number of aromatic carboxylic acids is 1. The molecule has 4 N–H and O–H groups in total. The molecule has 7 heteroatoms. The number of carboxylic acids is 1. The molecule has 1 aliphatic rings. The van der Waals surface area contributed by atoms with E-state index in [1.54, 1.807) is 6.07 Å². The van der Waals surface area contributed by atoms with Crippen molar-refractivity contribution in [1.29, 1.82) is 0 Å². The van der Waals surface area contributed by atoms with Crippen molar-refractivity contribution in [1.82, 2.24) is 10.3 Å². The normalized spacial score (nSPS) is 19.3. The van der Waals surface area contributed by atoms with Crippen LogP contribution in [-0.2, 0) is 16.6 Å². The number of nitrogens with zero attached hydrogens (tertiary/aromatic N) is 1. The van der Waals surface area contributed by atoms with Crippen LogP contribution in [0.15, 0.2) is 6.07 Å². The maximum atomic E-state index is 12.1. The Bertz CT molecular complexity index is 677. The van der Waals surface area contributed by atoms with Crippen LogP contribution in [0, 0.1) is 0 Å². The minimum atomic E-state index is -1.09. The molecule has 0 saturated carbocycles. The summed E-state index contributed by atoms with van der Waals surface area (Å²) in [4.78, 5) is 27.6. The number of aromatic nitrogens is 1. The van der Waals surface area contributed by atoms with Crippen molar-refractivity contribution >= 4 is 17.9 Å². The van der Waals surface area contributed by atoms with Gasteiger partial charge in [0, 0.05) is 11.5 Å². The van der Waals surface area contributed by atoms with E-state index >= 15 is 0 Å². The summed E-state index contributed by atoms with van der Waals surface area (Å²) in [6, 6.07) is 1.41. The summed E-state index contributed by atoms with van der Waals surface area (Å²) in [5.41, 5.74) is 6.32. The van der Waals surface area contributed by atoms with E-state index in [0.717, 1.165) is 11.3 Å². The van der Waals surface area contributed by atoms with Crippen molar-refractivity contribution < 1.29 is 19.4 Å². The average molecular weight is 335 g/mol. The van der Waals surface area contributed by atoms with Gasteiger partial charge in [0.2, 0.25) is 0 Å². The van der Waals surface area contributed by atoms with Crippen LogP contribution in [-0.4, -0.2) is 33.8 Å². The topological polar surface area (TPSA) is 115 Å². The number of carbonyl (C=O) groups excluding carboxylic acids is 1. The van der Waals surface area contributed by atoms with Crippen LogP contribution in [0.1, 0.15) is 62.7 Å². The highest BCUT2D eigenvalue weighted by Crippen LogP contribution is 2.37. The number of amides is 1. The van der Waals surface area contributed by atoms with Gasteiger partial charge in [-0.2, -0.15) is 0 Å². The minimum Gasteiger partial charge on any atom is -0.478 e. The Morgan fingerprint density at radius 3 is 2.58 bits per heavy atom. The second-order valence-corrected chi connectivity index (χ2v) is 7.69. The molecule has 0 fully saturated rings. The van der Waals surface area contributed by atoms with Crippen LogP contribution >= 0.6 is 0 Å². The molecule has 1 unspecified atom stereocenters. The quantitative estimate of drug-likeness (QED) is 0.765. The fraction of sp³-hybridized carbons (Fsp3) is 0.588. The zero-order valence-corrected chi connectivity index (χ0v) is 14.8. The molecule has 1 aromatic rings. The Labute approximate surface area is 141 Å². The van der Waals surface area contributed by atoms with Gasteiger partial charge in [0.15, 0.2) is 0 Å². The summed E-state index contributed by atoms with van der Waals surface area (Å²) in [5.74, 6) is -1.10. The Balaban J connectivity index is 2.29. The van der Waals surface area contributed by atoms with Gasteiger partial charge < -0.3 is 20.9 Å². The van der Waals surface area contributed by atoms with Gasteiger partial charge in [-0.1, -0.05) is 13.8 Å². The van der Waals surface area contributed by atoms with Crippen LogP contribution in [0.25, 0.3) is 0 Å². The summed E-state index contributed by atoms with van der Waals surface area (Å²) in [5, 5.41) is 12.1. The molecule has 2 rings (SSSR count). The van der Waals surface area contributed by atoms with Gasteiger partial charge in [0.25, 0.3) is 0 Å². The molecule has 0 bridgehead atoms. The van der Waals surface area contributed by atoms with E-state index in [2.05, 4.69) is 10.3 Å². The molecule has 0 aromatic carbocycles. The van der Waals surface area contributed by atoms with E-state index < -0.39 is 23.1 Å². The molecule has 24 heavy (non-hydrogen) atoms. The monoisotopic (exact) mass is 335 g/mol. The molecule has 0 saturated heterocycles. The third kappa shape index (κ3) is 3.60. The first-order valence-corrected chi connectivity index (χ1v) is 7.94. The van der Waals surface area contributed by atoms with Gasteiger partial charge in [-0.25, -0.2) is 14.6 Å². The van der Waals surface area contributed by atoms with E-state index in [4.69, 9.17) is 10.5 Å². The smallest absolute Gasteiger partial charge is 0.407 e. The van der Waals surface area contributed by atoms with Crippen LogP contribution in [0.3, 0.4) is 0 Å². The van der Waals surface area contributed by atoms with Gasteiger partial charge in [0.1, 0.15) is 17.0 Å². The molecule has 132 valence electrons. The van der Waals surface area contributed by atoms with E-state index in [-0.39, 0.29) is 17.4 Å². The second-order valence-electron chi connectivity index (χ2n) is 7.69. The number of hydrogen-bond acceptors (Lipinski definition) is 5. The number of carbonyl (C=O) groups is 2. The van der Waals surface area contributed by atoms with Crippen LogP contribution in [0.2, 0.25) is 0 Å². The SMILES string of the molecule is CC(C)(C)OC(=O)NC1CCc2cc(C(=O)O)c(N)nc2C1(C)C. The van der Waals surface area contributed by atoms with Crippen molar-refractivity contribution in [3.8, 4) is 0 Å². The van der Waals surface area contributed by atoms with Crippen LogP contribution in [0.5, 0.6) is 0 Å². The van der Waals surface area contributed by atoms with Crippen LogP contribution in [0.4, 0.5) is 10.6 Å². The Morgan fingerprint density at radius 2 is 2.04 bits per heavy atom. The maximum absolute atomic E-state index is 12.1. The van der Waals surface area contributed by atoms with E-state index in [1.165, 1.54) is 0 Å². The first kappa shape index (κ1) is 18.0. The zero-order chi connectivity index (χ0) is 18.3. The van der Waals surface area contributed by atoms with E-state index in [9.17, 15) is 14.7 Å². The lowest BCUT2D eigenvalue weighted by Crippen LogP contribution is -2.51. The van der Waals surface area contributed by atoms with Crippen molar-refractivity contribution in [3.63, 3.8) is 0 Å². The lowest BCUT2D eigenvalue weighted by atomic mass is 9.71. The van der Waals surface area contributed by atoms with Crippen molar-refractivity contribution in [3.05, 3.63) is 22.9 Å². The zero-order valence-electron chi connectivity index (χ0n) is 14.8. The Hall–Kier alpha value is -2.31. The highest BCUT2D eigenvalue weighted by molar-refractivity contribution is 5.92. The second kappa shape index (κ2) is 5.96. The predicted octanol–water partition coefficient (Wildman–Crippen LogP) is 2.48.